The first kappa shape index (κ1) is 18.3. The molecule has 0 saturated heterocycles. The zero-order valence-electron chi connectivity index (χ0n) is 13.4. The number of hydrogen-bond acceptors (Lipinski definition) is 4. The lowest BCUT2D eigenvalue weighted by Gasteiger charge is -2.14. The Bertz CT molecular complexity index is 781. The Kier molecular flexibility index (Phi) is 6.01. The van der Waals surface area contributed by atoms with Crippen LogP contribution in [-0.4, -0.2) is 24.4 Å². The van der Waals surface area contributed by atoms with Crippen LogP contribution in [0, 0.1) is 11.3 Å². The summed E-state index contributed by atoms with van der Waals surface area (Å²) in [6.45, 7) is 0.575. The molecule has 0 bridgehead atoms. The summed E-state index contributed by atoms with van der Waals surface area (Å²) >= 11 is 0. The van der Waals surface area contributed by atoms with E-state index in [9.17, 15) is 18.4 Å². The highest BCUT2D eigenvalue weighted by Gasteiger charge is 2.29. The average molecular weight is 348 g/mol. The molecule has 0 radical (unpaired) electrons. The third-order valence-electron chi connectivity index (χ3n) is 3.03. The summed E-state index contributed by atoms with van der Waals surface area (Å²) in [6, 6.07) is 11.7. The SMILES string of the molecule is CCOc1cc(/C=C(\C#N)c2ccccn2)ccc1OCC(F)(F)F. The van der Waals surface area contributed by atoms with Crippen molar-refractivity contribution in [2.45, 2.75) is 13.1 Å². The molecular formula is C18H15F3N2O2. The maximum Gasteiger partial charge on any atom is 0.422 e. The van der Waals surface area contributed by atoms with Crippen LogP contribution in [0.2, 0.25) is 0 Å². The number of pyridine rings is 1. The second-order valence-corrected chi connectivity index (χ2v) is 4.93. The molecule has 0 aliphatic carbocycles. The Labute approximate surface area is 143 Å². The summed E-state index contributed by atoms with van der Waals surface area (Å²) < 4.78 is 47.1. The molecule has 4 nitrogen and oxygen atoms in total. The maximum absolute atomic E-state index is 12.3. The molecule has 130 valence electrons. The van der Waals surface area contributed by atoms with Crippen LogP contribution in [0.3, 0.4) is 0 Å². The van der Waals surface area contributed by atoms with Gasteiger partial charge >= 0.3 is 6.18 Å². The zero-order chi connectivity index (χ0) is 18.3. The summed E-state index contributed by atoms with van der Waals surface area (Å²) in [6.07, 6.45) is -1.28. The van der Waals surface area contributed by atoms with Crippen molar-refractivity contribution in [3.05, 3.63) is 53.9 Å². The van der Waals surface area contributed by atoms with E-state index in [0.717, 1.165) is 0 Å². The van der Waals surface area contributed by atoms with Crippen molar-refractivity contribution in [2.24, 2.45) is 0 Å². The molecule has 0 spiro atoms. The lowest BCUT2D eigenvalue weighted by molar-refractivity contribution is -0.153. The molecule has 0 N–H and O–H groups in total. The van der Waals surface area contributed by atoms with Crippen molar-refractivity contribution in [3.63, 3.8) is 0 Å². The highest BCUT2D eigenvalue weighted by Crippen LogP contribution is 2.31. The van der Waals surface area contributed by atoms with Gasteiger partial charge in [0.15, 0.2) is 18.1 Å². The molecule has 0 aliphatic rings. The predicted octanol–water partition coefficient (Wildman–Crippen LogP) is 4.49. The maximum atomic E-state index is 12.3. The third kappa shape index (κ3) is 5.53. The summed E-state index contributed by atoms with van der Waals surface area (Å²) in [5.74, 6) is 0.173. The first-order valence-corrected chi connectivity index (χ1v) is 7.42. The highest BCUT2D eigenvalue weighted by atomic mass is 19.4. The van der Waals surface area contributed by atoms with Crippen molar-refractivity contribution in [2.75, 3.05) is 13.2 Å². The van der Waals surface area contributed by atoms with Crippen LogP contribution in [0.15, 0.2) is 42.6 Å². The fraction of sp³-hybridized carbons (Fsp3) is 0.222. The van der Waals surface area contributed by atoms with E-state index in [0.29, 0.717) is 16.8 Å². The van der Waals surface area contributed by atoms with Gasteiger partial charge in [-0.15, -0.1) is 0 Å². The van der Waals surface area contributed by atoms with Crippen molar-refractivity contribution in [1.82, 2.24) is 4.98 Å². The molecule has 1 aromatic heterocycles. The van der Waals surface area contributed by atoms with Crippen LogP contribution in [0.4, 0.5) is 13.2 Å². The van der Waals surface area contributed by atoms with E-state index in [4.69, 9.17) is 9.47 Å². The minimum atomic E-state index is -4.44. The third-order valence-corrected chi connectivity index (χ3v) is 3.03. The van der Waals surface area contributed by atoms with Gasteiger partial charge in [0.05, 0.1) is 17.9 Å². The number of benzene rings is 1. The minimum Gasteiger partial charge on any atom is -0.490 e. The summed E-state index contributed by atoms with van der Waals surface area (Å²) in [5.41, 5.74) is 1.41. The van der Waals surface area contributed by atoms with E-state index in [1.165, 1.54) is 12.1 Å². The van der Waals surface area contributed by atoms with Crippen molar-refractivity contribution in [3.8, 4) is 17.6 Å². The Morgan fingerprint density at radius 1 is 1.20 bits per heavy atom. The van der Waals surface area contributed by atoms with Gasteiger partial charge in [0.25, 0.3) is 0 Å². The fourth-order valence-corrected chi connectivity index (χ4v) is 2.01. The van der Waals surface area contributed by atoms with Crippen molar-refractivity contribution in [1.29, 1.82) is 5.26 Å². The Balaban J connectivity index is 2.31. The van der Waals surface area contributed by atoms with Crippen LogP contribution >= 0.6 is 0 Å². The monoisotopic (exact) mass is 348 g/mol. The van der Waals surface area contributed by atoms with Gasteiger partial charge in [-0.3, -0.25) is 4.98 Å². The number of nitriles is 1. The van der Waals surface area contributed by atoms with Gasteiger partial charge in [-0.05, 0) is 42.8 Å². The average Bonchev–Trinajstić information content (AvgIpc) is 2.59. The van der Waals surface area contributed by atoms with E-state index in [1.54, 1.807) is 43.5 Å². The van der Waals surface area contributed by atoms with E-state index in [2.05, 4.69) is 11.1 Å². The van der Waals surface area contributed by atoms with Gasteiger partial charge in [0.2, 0.25) is 0 Å². The van der Waals surface area contributed by atoms with Gasteiger partial charge in [-0.2, -0.15) is 18.4 Å². The lowest BCUT2D eigenvalue weighted by atomic mass is 10.1. The molecule has 0 unspecified atom stereocenters. The first-order valence-electron chi connectivity index (χ1n) is 7.42. The molecule has 0 saturated carbocycles. The normalized spacial score (nSPS) is 11.7. The van der Waals surface area contributed by atoms with Gasteiger partial charge < -0.3 is 9.47 Å². The largest absolute Gasteiger partial charge is 0.490 e. The van der Waals surface area contributed by atoms with Gasteiger partial charge in [-0.25, -0.2) is 0 Å². The van der Waals surface area contributed by atoms with Gasteiger partial charge in [0.1, 0.15) is 6.07 Å². The minimum absolute atomic E-state index is 0.00679. The second-order valence-electron chi connectivity index (χ2n) is 4.93. The van der Waals surface area contributed by atoms with Gasteiger partial charge in [0, 0.05) is 6.20 Å². The number of ether oxygens (including phenoxy) is 2. The Hall–Kier alpha value is -3.01. The number of hydrogen-bond donors (Lipinski definition) is 0. The van der Waals surface area contributed by atoms with Crippen LogP contribution in [0.1, 0.15) is 18.2 Å². The Morgan fingerprint density at radius 2 is 2.00 bits per heavy atom. The van der Waals surface area contributed by atoms with E-state index < -0.39 is 12.8 Å². The standard InChI is InChI=1S/C18H15F3N2O2/c1-2-24-17-10-13(6-7-16(17)25-12-18(19,20)21)9-14(11-22)15-5-3-4-8-23-15/h3-10H,2,12H2,1H3/b14-9+. The predicted molar refractivity (Wildman–Crippen MR) is 86.9 cm³/mol. The van der Waals surface area contributed by atoms with E-state index >= 15 is 0 Å². The van der Waals surface area contributed by atoms with Crippen LogP contribution in [-0.2, 0) is 0 Å². The Morgan fingerprint density at radius 3 is 2.60 bits per heavy atom. The second kappa shape index (κ2) is 8.20. The summed E-state index contributed by atoms with van der Waals surface area (Å²) in [5, 5.41) is 9.30. The summed E-state index contributed by atoms with van der Waals surface area (Å²) in [7, 11) is 0. The molecule has 0 aliphatic heterocycles. The van der Waals surface area contributed by atoms with E-state index in [-0.39, 0.29) is 18.1 Å². The van der Waals surface area contributed by atoms with Crippen LogP contribution < -0.4 is 9.47 Å². The molecule has 0 fully saturated rings. The van der Waals surface area contributed by atoms with Crippen molar-refractivity contribution < 1.29 is 22.6 Å². The highest BCUT2D eigenvalue weighted by molar-refractivity contribution is 5.88. The molecule has 7 heteroatoms. The molecule has 25 heavy (non-hydrogen) atoms. The lowest BCUT2D eigenvalue weighted by Crippen LogP contribution is -2.19. The number of alkyl halides is 3. The molecular weight excluding hydrogens is 333 g/mol. The number of rotatable bonds is 6. The summed E-state index contributed by atoms with van der Waals surface area (Å²) in [4.78, 5) is 4.11. The molecule has 0 atom stereocenters. The molecule has 1 heterocycles. The first-order chi connectivity index (χ1) is 11.9. The number of halogens is 3. The molecule has 0 amide bonds. The smallest absolute Gasteiger partial charge is 0.422 e. The fourth-order valence-electron chi connectivity index (χ4n) is 2.01. The number of nitrogens with zero attached hydrogens (tertiary/aromatic N) is 2. The molecule has 1 aromatic carbocycles. The number of allylic oxidation sites excluding steroid dienone is 1. The molecule has 2 rings (SSSR count). The molecule has 2 aromatic rings. The van der Waals surface area contributed by atoms with Crippen molar-refractivity contribution >= 4 is 11.6 Å². The van der Waals surface area contributed by atoms with Crippen LogP contribution in [0.5, 0.6) is 11.5 Å². The quantitative estimate of drug-likeness (QED) is 0.722. The topological polar surface area (TPSA) is 55.1 Å². The zero-order valence-corrected chi connectivity index (χ0v) is 13.4. The van der Waals surface area contributed by atoms with E-state index in [1.807, 2.05) is 0 Å². The van der Waals surface area contributed by atoms with Gasteiger partial charge in [-0.1, -0.05) is 12.1 Å². The van der Waals surface area contributed by atoms with Crippen LogP contribution in [0.25, 0.3) is 11.6 Å². The number of aromatic nitrogens is 1.